The number of aliphatic hydroxyl groups is 1. The van der Waals surface area contributed by atoms with Gasteiger partial charge in [0, 0.05) is 6.20 Å². The van der Waals surface area contributed by atoms with Crippen molar-refractivity contribution >= 4 is 11.6 Å². The number of hydrogen-bond acceptors (Lipinski definition) is 3. The van der Waals surface area contributed by atoms with E-state index in [0.29, 0.717) is 29.0 Å². The number of halogens is 1. The van der Waals surface area contributed by atoms with Crippen LogP contribution in [-0.4, -0.2) is 16.7 Å². The third kappa shape index (κ3) is 2.36. The van der Waals surface area contributed by atoms with E-state index in [9.17, 15) is 0 Å². The van der Waals surface area contributed by atoms with Crippen LogP contribution in [0, 0.1) is 5.92 Å². The summed E-state index contributed by atoms with van der Waals surface area (Å²) >= 11 is 5.91. The van der Waals surface area contributed by atoms with Gasteiger partial charge in [0.2, 0.25) is 5.88 Å². The lowest BCUT2D eigenvalue weighted by molar-refractivity contribution is 0.277. The first kappa shape index (κ1) is 9.74. The van der Waals surface area contributed by atoms with Crippen LogP contribution in [0.5, 0.6) is 5.88 Å². The van der Waals surface area contributed by atoms with E-state index in [2.05, 4.69) is 4.98 Å². The van der Waals surface area contributed by atoms with Crippen molar-refractivity contribution in [3.63, 3.8) is 0 Å². The molecule has 1 fully saturated rings. The third-order valence-electron chi connectivity index (χ3n) is 2.20. The van der Waals surface area contributed by atoms with E-state index in [4.69, 9.17) is 21.4 Å². The van der Waals surface area contributed by atoms with Crippen LogP contribution in [0.3, 0.4) is 0 Å². The molecule has 0 bridgehead atoms. The van der Waals surface area contributed by atoms with Gasteiger partial charge in [-0.3, -0.25) is 0 Å². The molecule has 1 aliphatic rings. The zero-order valence-electron chi connectivity index (χ0n) is 7.74. The SMILES string of the molecule is OCc1cnc(OCC2CC2)c(Cl)c1. The van der Waals surface area contributed by atoms with E-state index < -0.39 is 0 Å². The van der Waals surface area contributed by atoms with Gasteiger partial charge in [-0.05, 0) is 30.4 Å². The summed E-state index contributed by atoms with van der Waals surface area (Å²) in [6.07, 6.45) is 4.06. The number of nitrogens with zero attached hydrogens (tertiary/aromatic N) is 1. The summed E-state index contributed by atoms with van der Waals surface area (Å²) < 4.78 is 5.44. The fourth-order valence-corrected chi connectivity index (χ4v) is 1.38. The van der Waals surface area contributed by atoms with E-state index in [-0.39, 0.29) is 6.61 Å². The summed E-state index contributed by atoms with van der Waals surface area (Å²) in [5.41, 5.74) is 0.703. The van der Waals surface area contributed by atoms with Crippen LogP contribution in [0.1, 0.15) is 18.4 Å². The molecule has 0 radical (unpaired) electrons. The second kappa shape index (κ2) is 4.15. The van der Waals surface area contributed by atoms with Crippen LogP contribution in [0.15, 0.2) is 12.3 Å². The molecule has 0 unspecified atom stereocenters. The smallest absolute Gasteiger partial charge is 0.232 e. The standard InChI is InChI=1S/C10H12ClNO2/c11-9-3-8(5-13)4-12-10(9)14-6-7-1-2-7/h3-4,7,13H,1-2,5-6H2. The molecule has 1 aromatic rings. The number of ether oxygens (including phenoxy) is 1. The molecule has 0 amide bonds. The zero-order chi connectivity index (χ0) is 9.97. The van der Waals surface area contributed by atoms with Gasteiger partial charge in [0.05, 0.1) is 13.2 Å². The Bertz CT molecular complexity index is 326. The second-order valence-corrected chi connectivity index (χ2v) is 3.95. The Kier molecular flexibility index (Phi) is 2.89. The van der Waals surface area contributed by atoms with Crippen molar-refractivity contribution < 1.29 is 9.84 Å². The largest absolute Gasteiger partial charge is 0.476 e. The molecule has 2 rings (SSSR count). The summed E-state index contributed by atoms with van der Waals surface area (Å²) in [5, 5.41) is 9.31. The third-order valence-corrected chi connectivity index (χ3v) is 2.47. The molecule has 0 saturated heterocycles. The minimum atomic E-state index is -0.0460. The minimum absolute atomic E-state index is 0.0460. The highest BCUT2D eigenvalue weighted by molar-refractivity contribution is 6.31. The molecule has 0 spiro atoms. The Labute approximate surface area is 87.7 Å². The van der Waals surface area contributed by atoms with Gasteiger partial charge in [-0.15, -0.1) is 0 Å². The molecule has 0 aliphatic heterocycles. The van der Waals surface area contributed by atoms with Crippen molar-refractivity contribution in [1.82, 2.24) is 4.98 Å². The van der Waals surface area contributed by atoms with Gasteiger partial charge in [-0.2, -0.15) is 0 Å². The Morgan fingerprint density at radius 3 is 2.93 bits per heavy atom. The van der Waals surface area contributed by atoms with Crippen molar-refractivity contribution in [2.75, 3.05) is 6.61 Å². The topological polar surface area (TPSA) is 42.4 Å². The quantitative estimate of drug-likeness (QED) is 0.832. The first-order valence-corrected chi connectivity index (χ1v) is 5.05. The van der Waals surface area contributed by atoms with Crippen LogP contribution in [0.2, 0.25) is 5.02 Å². The average molecular weight is 214 g/mol. The molecule has 1 saturated carbocycles. The Hall–Kier alpha value is -0.800. The molecule has 1 N–H and O–H groups in total. The van der Waals surface area contributed by atoms with Crippen LogP contribution in [-0.2, 0) is 6.61 Å². The molecule has 14 heavy (non-hydrogen) atoms. The first-order chi connectivity index (χ1) is 6.79. The summed E-state index contributed by atoms with van der Waals surface area (Å²) in [4.78, 5) is 4.03. The van der Waals surface area contributed by atoms with Gasteiger partial charge in [-0.1, -0.05) is 11.6 Å². The summed E-state index contributed by atoms with van der Waals surface area (Å²) in [5.74, 6) is 1.15. The van der Waals surface area contributed by atoms with Crippen LogP contribution in [0.4, 0.5) is 0 Å². The second-order valence-electron chi connectivity index (χ2n) is 3.54. The number of pyridine rings is 1. The van der Waals surface area contributed by atoms with E-state index in [1.165, 1.54) is 12.8 Å². The van der Waals surface area contributed by atoms with Crippen molar-refractivity contribution in [3.05, 3.63) is 22.8 Å². The number of rotatable bonds is 4. The molecular formula is C10H12ClNO2. The van der Waals surface area contributed by atoms with E-state index in [1.807, 2.05) is 0 Å². The van der Waals surface area contributed by atoms with E-state index >= 15 is 0 Å². The monoisotopic (exact) mass is 213 g/mol. The predicted molar refractivity (Wildman–Crippen MR) is 53.4 cm³/mol. The van der Waals surface area contributed by atoms with Crippen molar-refractivity contribution in [2.24, 2.45) is 5.92 Å². The molecule has 0 aromatic carbocycles. The highest BCUT2D eigenvalue weighted by Crippen LogP contribution is 2.30. The Morgan fingerprint density at radius 1 is 1.57 bits per heavy atom. The van der Waals surface area contributed by atoms with Gasteiger partial charge >= 0.3 is 0 Å². The molecule has 0 atom stereocenters. The van der Waals surface area contributed by atoms with Gasteiger partial charge < -0.3 is 9.84 Å². The Balaban J connectivity index is 2.01. The van der Waals surface area contributed by atoms with Gasteiger partial charge in [0.25, 0.3) is 0 Å². The lowest BCUT2D eigenvalue weighted by Crippen LogP contribution is -2.01. The number of hydrogen-bond donors (Lipinski definition) is 1. The van der Waals surface area contributed by atoms with Crippen molar-refractivity contribution in [3.8, 4) is 5.88 Å². The van der Waals surface area contributed by atoms with E-state index in [1.54, 1.807) is 12.3 Å². The summed E-state index contributed by atoms with van der Waals surface area (Å²) in [6.45, 7) is 0.654. The van der Waals surface area contributed by atoms with Crippen LogP contribution < -0.4 is 4.74 Å². The normalized spacial score (nSPS) is 15.6. The lowest BCUT2D eigenvalue weighted by atomic mass is 10.3. The Morgan fingerprint density at radius 2 is 2.36 bits per heavy atom. The maximum Gasteiger partial charge on any atom is 0.232 e. The summed E-state index contributed by atoms with van der Waals surface area (Å²) in [7, 11) is 0. The maximum atomic E-state index is 8.84. The number of aliphatic hydroxyl groups excluding tert-OH is 1. The highest BCUT2D eigenvalue weighted by atomic mass is 35.5. The molecule has 1 aromatic heterocycles. The maximum absolute atomic E-state index is 8.84. The predicted octanol–water partition coefficient (Wildman–Crippen LogP) is 2.02. The fourth-order valence-electron chi connectivity index (χ4n) is 1.14. The number of aromatic nitrogens is 1. The van der Waals surface area contributed by atoms with Crippen LogP contribution >= 0.6 is 11.6 Å². The summed E-state index contributed by atoms with van der Waals surface area (Å²) in [6, 6.07) is 1.68. The van der Waals surface area contributed by atoms with E-state index in [0.717, 1.165) is 0 Å². The van der Waals surface area contributed by atoms with Crippen molar-refractivity contribution in [2.45, 2.75) is 19.4 Å². The zero-order valence-corrected chi connectivity index (χ0v) is 8.50. The van der Waals surface area contributed by atoms with Gasteiger partial charge in [-0.25, -0.2) is 4.98 Å². The molecule has 3 nitrogen and oxygen atoms in total. The molecule has 1 aliphatic carbocycles. The fraction of sp³-hybridized carbons (Fsp3) is 0.500. The molecule has 76 valence electrons. The van der Waals surface area contributed by atoms with Gasteiger partial charge in [0.15, 0.2) is 0 Å². The molecule has 4 heteroatoms. The minimum Gasteiger partial charge on any atom is -0.476 e. The highest BCUT2D eigenvalue weighted by Gasteiger charge is 2.22. The lowest BCUT2D eigenvalue weighted by Gasteiger charge is -2.06. The molecular weight excluding hydrogens is 202 g/mol. The van der Waals surface area contributed by atoms with Crippen LogP contribution in [0.25, 0.3) is 0 Å². The molecule has 1 heterocycles. The average Bonchev–Trinajstić information content (AvgIpc) is 2.99. The van der Waals surface area contributed by atoms with Gasteiger partial charge in [0.1, 0.15) is 5.02 Å². The van der Waals surface area contributed by atoms with Crippen molar-refractivity contribution in [1.29, 1.82) is 0 Å². The first-order valence-electron chi connectivity index (χ1n) is 4.67.